The van der Waals surface area contributed by atoms with Gasteiger partial charge in [-0.05, 0) is 19.1 Å². The molecule has 11 heavy (non-hydrogen) atoms. The Morgan fingerprint density at radius 1 is 1.36 bits per heavy atom. The molecule has 2 N–H and O–H groups in total. The first-order chi connectivity index (χ1) is 5.12. The van der Waals surface area contributed by atoms with E-state index in [9.17, 15) is 0 Å². The number of nitrogens with two attached hydrogens (primary N) is 1. The van der Waals surface area contributed by atoms with Gasteiger partial charge in [0.25, 0.3) is 0 Å². The first-order valence-corrected chi connectivity index (χ1v) is 7.58. The van der Waals surface area contributed by atoms with Crippen molar-refractivity contribution >= 4 is 8.32 Å². The Balaban J connectivity index is 3.43. The van der Waals surface area contributed by atoms with Crippen LogP contribution in [0.1, 0.15) is 19.8 Å². The molecule has 0 saturated heterocycles. The Morgan fingerprint density at radius 3 is 2.45 bits per heavy atom. The van der Waals surface area contributed by atoms with Gasteiger partial charge in [0.2, 0.25) is 0 Å². The second-order valence-electron chi connectivity index (χ2n) is 3.50. The Hall–Kier alpha value is 0.137. The van der Waals surface area contributed by atoms with Crippen molar-refractivity contribution in [3.05, 3.63) is 0 Å². The van der Waals surface area contributed by atoms with Crippen molar-refractivity contribution in [3.8, 4) is 0 Å². The molecule has 0 aliphatic rings. The van der Waals surface area contributed by atoms with Crippen LogP contribution in [0.5, 0.6) is 0 Å². The summed E-state index contributed by atoms with van der Waals surface area (Å²) in [6.07, 6.45) is 2.56. The van der Waals surface area contributed by atoms with Crippen LogP contribution in [0, 0.1) is 0 Å². The van der Waals surface area contributed by atoms with E-state index in [4.69, 9.17) is 10.2 Å². The topological polar surface area (TPSA) is 35.2 Å². The molecular formula is C8H21NOSi. The van der Waals surface area contributed by atoms with Crippen LogP contribution in [-0.4, -0.2) is 21.5 Å². The van der Waals surface area contributed by atoms with E-state index in [1.807, 2.05) is 0 Å². The van der Waals surface area contributed by atoms with Gasteiger partial charge in [0.1, 0.15) is 0 Å². The SMILES string of the molecule is CCCC[Si](C)(C)OCCN. The quantitative estimate of drug-likeness (QED) is 0.626. The van der Waals surface area contributed by atoms with Gasteiger partial charge in [-0.1, -0.05) is 19.8 Å². The van der Waals surface area contributed by atoms with Gasteiger partial charge in [0, 0.05) is 13.2 Å². The van der Waals surface area contributed by atoms with Crippen LogP contribution in [0.4, 0.5) is 0 Å². The molecule has 0 saturated carbocycles. The molecule has 68 valence electrons. The maximum atomic E-state index is 5.69. The molecule has 0 amide bonds. The van der Waals surface area contributed by atoms with E-state index in [0.717, 1.165) is 6.61 Å². The maximum Gasteiger partial charge on any atom is 0.186 e. The summed E-state index contributed by atoms with van der Waals surface area (Å²) < 4.78 is 5.69. The third-order valence-corrected chi connectivity index (χ3v) is 4.29. The van der Waals surface area contributed by atoms with E-state index >= 15 is 0 Å². The molecule has 0 heterocycles. The lowest BCUT2D eigenvalue weighted by Crippen LogP contribution is -2.32. The molecule has 0 fully saturated rings. The van der Waals surface area contributed by atoms with Gasteiger partial charge < -0.3 is 10.2 Å². The Kier molecular flexibility index (Phi) is 5.82. The van der Waals surface area contributed by atoms with Gasteiger partial charge in [-0.2, -0.15) is 0 Å². The van der Waals surface area contributed by atoms with E-state index < -0.39 is 8.32 Å². The van der Waals surface area contributed by atoms with Crippen molar-refractivity contribution in [1.29, 1.82) is 0 Å². The Bertz CT molecular complexity index is 86.1. The fourth-order valence-corrected chi connectivity index (χ4v) is 3.03. The maximum absolute atomic E-state index is 5.69. The van der Waals surface area contributed by atoms with Crippen molar-refractivity contribution in [1.82, 2.24) is 0 Å². The summed E-state index contributed by atoms with van der Waals surface area (Å²) in [5.41, 5.74) is 5.36. The van der Waals surface area contributed by atoms with Crippen molar-refractivity contribution < 1.29 is 4.43 Å². The van der Waals surface area contributed by atoms with Crippen LogP contribution in [-0.2, 0) is 4.43 Å². The summed E-state index contributed by atoms with van der Waals surface area (Å²) >= 11 is 0. The Labute approximate surface area is 71.3 Å². The van der Waals surface area contributed by atoms with Crippen LogP contribution in [0.25, 0.3) is 0 Å². The molecule has 0 atom stereocenters. The van der Waals surface area contributed by atoms with E-state index in [-0.39, 0.29) is 0 Å². The summed E-state index contributed by atoms with van der Waals surface area (Å²) in [4.78, 5) is 0. The third-order valence-electron chi connectivity index (χ3n) is 1.74. The molecule has 0 aliphatic carbocycles. The standard InChI is InChI=1S/C8H21NOSi/c1-4-5-8-11(2,3)10-7-6-9/h4-9H2,1-3H3. The van der Waals surface area contributed by atoms with Crippen LogP contribution in [0.15, 0.2) is 0 Å². The lowest BCUT2D eigenvalue weighted by atomic mass is 10.4. The van der Waals surface area contributed by atoms with Crippen LogP contribution >= 0.6 is 0 Å². The minimum absolute atomic E-state index is 0.655. The second kappa shape index (κ2) is 5.74. The molecule has 0 spiro atoms. The smallest absolute Gasteiger partial charge is 0.186 e. The molecule has 0 bridgehead atoms. The number of hydrogen-bond acceptors (Lipinski definition) is 2. The van der Waals surface area contributed by atoms with Gasteiger partial charge >= 0.3 is 0 Å². The third kappa shape index (κ3) is 6.53. The average molecular weight is 175 g/mol. The first kappa shape index (κ1) is 11.1. The first-order valence-electron chi connectivity index (χ1n) is 4.46. The largest absolute Gasteiger partial charge is 0.416 e. The molecule has 0 unspecified atom stereocenters. The summed E-state index contributed by atoms with van der Waals surface area (Å²) in [5, 5.41) is 0. The van der Waals surface area contributed by atoms with Crippen LogP contribution in [0.3, 0.4) is 0 Å². The minimum atomic E-state index is -1.33. The fraction of sp³-hybridized carbons (Fsp3) is 1.00. The van der Waals surface area contributed by atoms with Gasteiger partial charge in [-0.3, -0.25) is 0 Å². The number of rotatable bonds is 6. The summed E-state index contributed by atoms with van der Waals surface area (Å²) in [7, 11) is -1.33. The lowest BCUT2D eigenvalue weighted by molar-refractivity contribution is 0.316. The average Bonchev–Trinajstić information content (AvgIpc) is 1.97. The van der Waals surface area contributed by atoms with Crippen molar-refractivity contribution in [2.45, 2.75) is 38.9 Å². The monoisotopic (exact) mass is 175 g/mol. The highest BCUT2D eigenvalue weighted by atomic mass is 28.4. The molecule has 0 rings (SSSR count). The number of unbranched alkanes of at least 4 members (excludes halogenated alkanes) is 1. The molecule has 0 aromatic carbocycles. The van der Waals surface area contributed by atoms with E-state index in [0.29, 0.717) is 6.54 Å². The van der Waals surface area contributed by atoms with E-state index in [2.05, 4.69) is 20.0 Å². The highest BCUT2D eigenvalue weighted by Crippen LogP contribution is 2.14. The molecule has 2 nitrogen and oxygen atoms in total. The zero-order chi connectivity index (χ0) is 8.74. The predicted molar refractivity (Wildman–Crippen MR) is 52.2 cm³/mol. The normalized spacial score (nSPS) is 12.0. The van der Waals surface area contributed by atoms with Gasteiger partial charge in [-0.25, -0.2) is 0 Å². The molecular weight excluding hydrogens is 154 g/mol. The molecule has 0 radical (unpaired) electrons. The van der Waals surface area contributed by atoms with Gasteiger partial charge in [-0.15, -0.1) is 0 Å². The van der Waals surface area contributed by atoms with Gasteiger partial charge in [0.05, 0.1) is 0 Å². The highest BCUT2D eigenvalue weighted by molar-refractivity contribution is 6.71. The van der Waals surface area contributed by atoms with Crippen molar-refractivity contribution in [2.75, 3.05) is 13.2 Å². The minimum Gasteiger partial charge on any atom is -0.416 e. The highest BCUT2D eigenvalue weighted by Gasteiger charge is 2.20. The summed E-state index contributed by atoms with van der Waals surface area (Å²) in [6, 6.07) is 1.27. The second-order valence-corrected chi connectivity index (χ2v) is 7.81. The summed E-state index contributed by atoms with van der Waals surface area (Å²) in [6.45, 7) is 8.13. The van der Waals surface area contributed by atoms with Gasteiger partial charge in [0.15, 0.2) is 8.32 Å². The number of hydrogen-bond donors (Lipinski definition) is 1. The Morgan fingerprint density at radius 2 is 2.00 bits per heavy atom. The van der Waals surface area contributed by atoms with Crippen molar-refractivity contribution in [3.63, 3.8) is 0 Å². The lowest BCUT2D eigenvalue weighted by Gasteiger charge is -2.21. The molecule has 0 aromatic rings. The molecule has 0 aliphatic heterocycles. The van der Waals surface area contributed by atoms with E-state index in [1.165, 1.54) is 18.9 Å². The van der Waals surface area contributed by atoms with Crippen LogP contribution < -0.4 is 5.73 Å². The molecule has 0 aromatic heterocycles. The van der Waals surface area contributed by atoms with Crippen molar-refractivity contribution in [2.24, 2.45) is 5.73 Å². The summed E-state index contributed by atoms with van der Waals surface area (Å²) in [5.74, 6) is 0. The fourth-order valence-electron chi connectivity index (χ4n) is 1.01. The zero-order valence-corrected chi connectivity index (χ0v) is 9.02. The predicted octanol–water partition coefficient (Wildman–Crippen LogP) is 1.97. The zero-order valence-electron chi connectivity index (χ0n) is 8.02. The molecule has 3 heteroatoms. The van der Waals surface area contributed by atoms with E-state index in [1.54, 1.807) is 0 Å². The van der Waals surface area contributed by atoms with Crippen LogP contribution in [0.2, 0.25) is 19.1 Å².